The summed E-state index contributed by atoms with van der Waals surface area (Å²) in [6.45, 7) is 5.15. The number of rotatable bonds is 8. The summed E-state index contributed by atoms with van der Waals surface area (Å²) in [5.74, 6) is -0.587. The average molecular weight is 399 g/mol. The summed E-state index contributed by atoms with van der Waals surface area (Å²) in [5.41, 5.74) is 2.79. The summed E-state index contributed by atoms with van der Waals surface area (Å²) in [7, 11) is 1.37. The van der Waals surface area contributed by atoms with E-state index in [0.717, 1.165) is 28.1 Å². The molecule has 1 aliphatic rings. The molecule has 1 aliphatic heterocycles. The van der Waals surface area contributed by atoms with Crippen molar-refractivity contribution < 1.29 is 18.7 Å². The van der Waals surface area contributed by atoms with Crippen molar-refractivity contribution in [3.63, 3.8) is 0 Å². The third-order valence-electron chi connectivity index (χ3n) is 4.40. The van der Waals surface area contributed by atoms with Gasteiger partial charge in [-0.3, -0.25) is 4.99 Å². The van der Waals surface area contributed by atoms with Gasteiger partial charge in [-0.1, -0.05) is 30.4 Å². The van der Waals surface area contributed by atoms with Crippen LogP contribution in [0.25, 0.3) is 0 Å². The Bertz CT molecular complexity index is 899. The number of esters is 1. The molecular weight excluding hydrogens is 377 g/mol. The molecule has 2 heterocycles. The summed E-state index contributed by atoms with van der Waals surface area (Å²) in [5, 5.41) is 0. The second-order valence-electron chi connectivity index (χ2n) is 6.41. The molecule has 0 aliphatic carbocycles. The van der Waals surface area contributed by atoms with Gasteiger partial charge in [0.25, 0.3) is 0 Å². The molecule has 0 spiro atoms. The van der Waals surface area contributed by atoms with Gasteiger partial charge in [0.15, 0.2) is 0 Å². The van der Waals surface area contributed by atoms with Crippen molar-refractivity contribution in [1.29, 1.82) is 0 Å². The zero-order chi connectivity index (χ0) is 19.9. The van der Waals surface area contributed by atoms with Gasteiger partial charge >= 0.3 is 5.97 Å². The van der Waals surface area contributed by atoms with Gasteiger partial charge in [0.05, 0.1) is 37.0 Å². The molecule has 28 heavy (non-hydrogen) atoms. The molecule has 146 valence electrons. The van der Waals surface area contributed by atoms with Crippen LogP contribution in [-0.2, 0) is 16.1 Å². The highest BCUT2D eigenvalue weighted by molar-refractivity contribution is 7.16. The largest absolute Gasteiger partial charge is 0.465 e. The number of hydrogen-bond acceptors (Lipinski definition) is 5. The molecule has 0 saturated heterocycles. The predicted octanol–water partition coefficient (Wildman–Crippen LogP) is 4.95. The van der Waals surface area contributed by atoms with Crippen molar-refractivity contribution in [3.8, 4) is 0 Å². The first-order valence-corrected chi connectivity index (χ1v) is 9.81. The van der Waals surface area contributed by atoms with E-state index in [4.69, 9.17) is 14.5 Å². The fourth-order valence-corrected chi connectivity index (χ4v) is 3.70. The van der Waals surface area contributed by atoms with E-state index in [1.165, 1.54) is 30.6 Å². The Labute approximate surface area is 168 Å². The molecule has 0 saturated carbocycles. The van der Waals surface area contributed by atoms with Crippen molar-refractivity contribution in [2.75, 3.05) is 13.7 Å². The van der Waals surface area contributed by atoms with E-state index in [-0.39, 0.29) is 17.8 Å². The Morgan fingerprint density at radius 1 is 1.29 bits per heavy atom. The fraction of sp³-hybridized carbons (Fsp3) is 0.273. The van der Waals surface area contributed by atoms with Crippen LogP contribution in [0, 0.1) is 5.82 Å². The molecule has 1 unspecified atom stereocenters. The van der Waals surface area contributed by atoms with Crippen LogP contribution in [-0.4, -0.2) is 31.4 Å². The van der Waals surface area contributed by atoms with E-state index >= 15 is 0 Å². The molecule has 4 nitrogen and oxygen atoms in total. The number of hydrogen-bond donors (Lipinski definition) is 0. The van der Waals surface area contributed by atoms with Crippen molar-refractivity contribution in [1.82, 2.24) is 0 Å². The standard InChI is InChI=1S/C22H22FNO3S/c1-15(12-13-27-14-16-6-8-17(23)9-7-16)18-4-3-5-19(24-18)20-10-11-21(28-20)22(25)26-2/h3,5-11,18H,1,4,12-14H2,2H3. The lowest BCUT2D eigenvalue weighted by Crippen LogP contribution is -2.15. The van der Waals surface area contributed by atoms with Crippen molar-refractivity contribution in [2.45, 2.75) is 25.5 Å². The predicted molar refractivity (Wildman–Crippen MR) is 110 cm³/mol. The van der Waals surface area contributed by atoms with Gasteiger partial charge < -0.3 is 9.47 Å². The SMILES string of the molecule is C=C(CCOCc1ccc(F)cc1)C1CC=CC(c2ccc(C(=O)OC)s2)=N1. The van der Waals surface area contributed by atoms with Crippen molar-refractivity contribution >= 4 is 23.0 Å². The minimum atomic E-state index is -0.337. The summed E-state index contributed by atoms with van der Waals surface area (Å²) in [4.78, 5) is 17.9. The van der Waals surface area contributed by atoms with Gasteiger partial charge in [0, 0.05) is 0 Å². The Morgan fingerprint density at radius 2 is 2.07 bits per heavy atom. The van der Waals surface area contributed by atoms with Gasteiger partial charge in [-0.25, -0.2) is 9.18 Å². The molecule has 0 N–H and O–H groups in total. The zero-order valence-electron chi connectivity index (χ0n) is 15.7. The molecule has 1 aromatic carbocycles. The molecule has 1 atom stereocenters. The van der Waals surface area contributed by atoms with E-state index < -0.39 is 0 Å². The number of carbonyl (C=O) groups is 1. The number of allylic oxidation sites excluding steroid dienone is 1. The first-order valence-electron chi connectivity index (χ1n) is 8.99. The fourth-order valence-electron chi connectivity index (χ4n) is 2.80. The lowest BCUT2D eigenvalue weighted by atomic mass is 10.00. The van der Waals surface area contributed by atoms with Crippen LogP contribution in [0.1, 0.15) is 33.0 Å². The molecule has 0 bridgehead atoms. The maximum atomic E-state index is 12.9. The first-order chi connectivity index (χ1) is 13.6. The maximum absolute atomic E-state index is 12.9. The van der Waals surface area contributed by atoms with Gasteiger partial charge in [0.1, 0.15) is 10.7 Å². The normalized spacial score (nSPS) is 15.9. The minimum absolute atomic E-state index is 0.00176. The monoisotopic (exact) mass is 399 g/mol. The maximum Gasteiger partial charge on any atom is 0.348 e. The Kier molecular flexibility index (Phi) is 6.90. The van der Waals surface area contributed by atoms with Gasteiger partial charge in [0.2, 0.25) is 0 Å². The van der Waals surface area contributed by atoms with Crippen LogP contribution in [0.3, 0.4) is 0 Å². The molecule has 0 amide bonds. The Hall–Kier alpha value is -2.57. The number of thiophene rings is 1. The lowest BCUT2D eigenvalue weighted by Gasteiger charge is -2.18. The van der Waals surface area contributed by atoms with Gasteiger partial charge in [-0.05, 0) is 48.7 Å². The van der Waals surface area contributed by atoms with E-state index in [1.807, 2.05) is 12.1 Å². The van der Waals surface area contributed by atoms with Crippen molar-refractivity contribution in [2.24, 2.45) is 4.99 Å². The van der Waals surface area contributed by atoms with E-state index in [9.17, 15) is 9.18 Å². The number of methoxy groups -OCH3 is 1. The quantitative estimate of drug-likeness (QED) is 0.358. The Morgan fingerprint density at radius 3 is 2.82 bits per heavy atom. The molecule has 2 aromatic rings. The highest BCUT2D eigenvalue weighted by Crippen LogP contribution is 2.24. The molecule has 0 fully saturated rings. The van der Waals surface area contributed by atoms with Crippen LogP contribution < -0.4 is 0 Å². The second-order valence-corrected chi connectivity index (χ2v) is 7.49. The average Bonchev–Trinajstić information content (AvgIpc) is 3.22. The highest BCUT2D eigenvalue weighted by atomic mass is 32.1. The molecule has 6 heteroatoms. The summed E-state index contributed by atoms with van der Waals surface area (Å²) in [6, 6.07) is 9.93. The zero-order valence-corrected chi connectivity index (χ0v) is 16.5. The topological polar surface area (TPSA) is 47.9 Å². The first kappa shape index (κ1) is 20.2. The smallest absolute Gasteiger partial charge is 0.348 e. The molecular formula is C22H22FNO3S. The third-order valence-corrected chi connectivity index (χ3v) is 5.48. The summed E-state index contributed by atoms with van der Waals surface area (Å²) in [6.07, 6.45) is 5.56. The van der Waals surface area contributed by atoms with Crippen LogP contribution in [0.2, 0.25) is 0 Å². The van der Waals surface area contributed by atoms with Crippen LogP contribution in [0.4, 0.5) is 4.39 Å². The van der Waals surface area contributed by atoms with Crippen LogP contribution in [0.15, 0.2) is 65.7 Å². The molecule has 1 aromatic heterocycles. The molecule has 0 radical (unpaired) electrons. The van der Waals surface area contributed by atoms with E-state index in [1.54, 1.807) is 18.2 Å². The summed E-state index contributed by atoms with van der Waals surface area (Å²) < 4.78 is 23.3. The number of ether oxygens (including phenoxy) is 2. The number of aliphatic imine (C=N–C) groups is 1. The second kappa shape index (κ2) is 9.57. The van der Waals surface area contributed by atoms with E-state index in [0.29, 0.717) is 24.5 Å². The van der Waals surface area contributed by atoms with Gasteiger partial charge in [-0.2, -0.15) is 0 Å². The van der Waals surface area contributed by atoms with Crippen LogP contribution >= 0.6 is 11.3 Å². The highest BCUT2D eigenvalue weighted by Gasteiger charge is 2.17. The number of dihydropyridines is 1. The Balaban J connectivity index is 1.52. The van der Waals surface area contributed by atoms with Crippen molar-refractivity contribution in [3.05, 3.63) is 81.8 Å². The number of nitrogens with zero attached hydrogens (tertiary/aromatic N) is 1. The minimum Gasteiger partial charge on any atom is -0.465 e. The third kappa shape index (κ3) is 5.24. The number of carbonyl (C=O) groups excluding carboxylic acids is 1. The lowest BCUT2D eigenvalue weighted by molar-refractivity contribution is 0.0606. The molecule has 3 rings (SSSR count). The van der Waals surface area contributed by atoms with Crippen LogP contribution in [0.5, 0.6) is 0 Å². The number of halogens is 1. The van der Waals surface area contributed by atoms with Gasteiger partial charge in [-0.15, -0.1) is 11.3 Å². The van der Waals surface area contributed by atoms with E-state index in [2.05, 4.69) is 12.7 Å². The number of benzene rings is 1. The summed E-state index contributed by atoms with van der Waals surface area (Å²) >= 11 is 1.37.